The van der Waals surface area contributed by atoms with Gasteiger partial charge < -0.3 is 15.0 Å². The van der Waals surface area contributed by atoms with E-state index in [2.05, 4.69) is 21.2 Å². The minimum Gasteiger partial charge on any atom is -0.494 e. The number of para-hydroxylation sites is 1. The molecule has 0 unspecified atom stereocenters. The number of ether oxygens (including phenoxy) is 1. The summed E-state index contributed by atoms with van der Waals surface area (Å²) in [7, 11) is 0. The van der Waals surface area contributed by atoms with Crippen LogP contribution in [0.1, 0.15) is 13.3 Å². The number of carbonyl (C=O) groups excluding carboxylic acids is 2. The van der Waals surface area contributed by atoms with E-state index >= 15 is 0 Å². The van der Waals surface area contributed by atoms with Gasteiger partial charge in [0.05, 0.1) is 18.2 Å². The summed E-state index contributed by atoms with van der Waals surface area (Å²) in [6, 6.07) is 14.8. The lowest BCUT2D eigenvalue weighted by atomic mass is 10.1. The third-order valence-corrected chi connectivity index (χ3v) is 4.78. The van der Waals surface area contributed by atoms with E-state index < -0.39 is 0 Å². The van der Waals surface area contributed by atoms with Gasteiger partial charge in [0.15, 0.2) is 0 Å². The van der Waals surface area contributed by atoms with Gasteiger partial charge in [-0.05, 0) is 59.3 Å². The van der Waals surface area contributed by atoms with E-state index in [-0.39, 0.29) is 24.2 Å². The van der Waals surface area contributed by atoms with Gasteiger partial charge in [-0.2, -0.15) is 0 Å². The van der Waals surface area contributed by atoms with Crippen molar-refractivity contribution in [3.8, 4) is 5.75 Å². The minimum atomic E-state index is -0.369. The molecule has 3 rings (SSSR count). The smallest absolute Gasteiger partial charge is 0.229 e. The lowest BCUT2D eigenvalue weighted by Gasteiger charge is -2.17. The summed E-state index contributed by atoms with van der Waals surface area (Å²) in [6.45, 7) is 2.90. The number of nitrogens with one attached hydrogen (secondary N) is 1. The van der Waals surface area contributed by atoms with Crippen LogP contribution < -0.4 is 15.0 Å². The molecule has 1 heterocycles. The zero-order valence-electron chi connectivity index (χ0n) is 13.9. The fraction of sp³-hybridized carbons (Fsp3) is 0.263. The molecule has 0 radical (unpaired) electrons. The Morgan fingerprint density at radius 3 is 2.64 bits per heavy atom. The van der Waals surface area contributed by atoms with Gasteiger partial charge in [-0.15, -0.1) is 0 Å². The second kappa shape index (κ2) is 7.70. The second-order valence-electron chi connectivity index (χ2n) is 5.80. The number of carbonyl (C=O) groups is 2. The van der Waals surface area contributed by atoms with Gasteiger partial charge >= 0.3 is 0 Å². The summed E-state index contributed by atoms with van der Waals surface area (Å²) >= 11 is 3.41. The summed E-state index contributed by atoms with van der Waals surface area (Å²) in [4.78, 5) is 26.5. The molecule has 2 aromatic rings. The van der Waals surface area contributed by atoms with Gasteiger partial charge in [0.1, 0.15) is 5.75 Å². The molecule has 2 amide bonds. The molecule has 0 bridgehead atoms. The topological polar surface area (TPSA) is 58.6 Å². The second-order valence-corrected chi connectivity index (χ2v) is 6.66. The van der Waals surface area contributed by atoms with Crippen LogP contribution in [0.15, 0.2) is 53.0 Å². The van der Waals surface area contributed by atoms with Crippen LogP contribution in [-0.2, 0) is 9.59 Å². The Morgan fingerprint density at radius 2 is 1.96 bits per heavy atom. The third kappa shape index (κ3) is 4.02. The quantitative estimate of drug-likeness (QED) is 0.826. The number of nitrogens with zero attached hydrogens (tertiary/aromatic N) is 1. The van der Waals surface area contributed by atoms with Crippen LogP contribution in [0.2, 0.25) is 0 Å². The first-order valence-electron chi connectivity index (χ1n) is 8.17. The number of hydrogen-bond acceptors (Lipinski definition) is 3. The van der Waals surface area contributed by atoms with Crippen LogP contribution in [0.4, 0.5) is 11.4 Å². The highest BCUT2D eigenvalue weighted by molar-refractivity contribution is 9.10. The largest absolute Gasteiger partial charge is 0.494 e. The summed E-state index contributed by atoms with van der Waals surface area (Å²) in [6.07, 6.45) is 0.212. The van der Waals surface area contributed by atoms with Crippen molar-refractivity contribution in [1.29, 1.82) is 0 Å². The van der Waals surface area contributed by atoms with Crippen LogP contribution in [-0.4, -0.2) is 25.0 Å². The lowest BCUT2D eigenvalue weighted by molar-refractivity contribution is -0.122. The van der Waals surface area contributed by atoms with Crippen molar-refractivity contribution in [3.63, 3.8) is 0 Å². The summed E-state index contributed by atoms with van der Waals surface area (Å²) in [5.74, 6) is 0.206. The van der Waals surface area contributed by atoms with Crippen molar-refractivity contribution in [2.45, 2.75) is 13.3 Å². The molecule has 25 heavy (non-hydrogen) atoms. The zero-order chi connectivity index (χ0) is 17.8. The Balaban J connectivity index is 1.67. The van der Waals surface area contributed by atoms with Crippen LogP contribution >= 0.6 is 15.9 Å². The fourth-order valence-electron chi connectivity index (χ4n) is 2.82. The number of benzene rings is 2. The Labute approximate surface area is 155 Å². The molecule has 1 aliphatic heterocycles. The average molecular weight is 403 g/mol. The summed E-state index contributed by atoms with van der Waals surface area (Å²) in [5, 5.41) is 2.89. The predicted octanol–water partition coefficient (Wildman–Crippen LogP) is 3.84. The number of anilines is 2. The normalized spacial score (nSPS) is 16.8. The molecule has 1 atom stereocenters. The van der Waals surface area contributed by atoms with E-state index in [1.54, 1.807) is 4.90 Å². The highest BCUT2D eigenvalue weighted by Crippen LogP contribution is 2.28. The van der Waals surface area contributed by atoms with Crippen molar-refractivity contribution < 1.29 is 14.3 Å². The number of rotatable bonds is 5. The van der Waals surface area contributed by atoms with Gasteiger partial charge in [0, 0.05) is 23.1 Å². The maximum Gasteiger partial charge on any atom is 0.229 e. The molecule has 6 heteroatoms. The van der Waals surface area contributed by atoms with Crippen LogP contribution in [0, 0.1) is 5.92 Å². The van der Waals surface area contributed by atoms with Crippen molar-refractivity contribution in [3.05, 3.63) is 53.0 Å². The van der Waals surface area contributed by atoms with E-state index in [1.165, 1.54) is 0 Å². The standard InChI is InChI=1S/C19H19BrN2O3/c1-2-25-15-9-7-14(8-10-15)22-12-13(11-18(22)23)19(24)21-17-6-4-3-5-16(17)20/h3-10,13H,2,11-12H2,1H3,(H,21,24)/t13-/m0/s1. The average Bonchev–Trinajstić information content (AvgIpc) is 3.00. The molecule has 1 saturated heterocycles. The molecule has 1 N–H and O–H groups in total. The highest BCUT2D eigenvalue weighted by atomic mass is 79.9. The minimum absolute atomic E-state index is 0.0450. The van der Waals surface area contributed by atoms with Gasteiger partial charge in [-0.3, -0.25) is 9.59 Å². The van der Waals surface area contributed by atoms with E-state index in [0.29, 0.717) is 18.8 Å². The first-order valence-corrected chi connectivity index (χ1v) is 8.96. The number of halogens is 1. The van der Waals surface area contributed by atoms with E-state index in [1.807, 2.05) is 55.5 Å². The zero-order valence-corrected chi connectivity index (χ0v) is 15.5. The number of amides is 2. The van der Waals surface area contributed by atoms with Gasteiger partial charge in [-0.1, -0.05) is 12.1 Å². The molecule has 0 aromatic heterocycles. The summed E-state index contributed by atoms with van der Waals surface area (Å²) in [5.41, 5.74) is 1.49. The van der Waals surface area contributed by atoms with Gasteiger partial charge in [-0.25, -0.2) is 0 Å². The summed E-state index contributed by atoms with van der Waals surface area (Å²) < 4.78 is 6.23. The van der Waals surface area contributed by atoms with Crippen molar-refractivity contribution in [2.75, 3.05) is 23.4 Å². The Bertz CT molecular complexity index is 776. The Kier molecular flexibility index (Phi) is 5.38. The fourth-order valence-corrected chi connectivity index (χ4v) is 3.20. The third-order valence-electron chi connectivity index (χ3n) is 4.09. The molecular formula is C19H19BrN2O3. The van der Waals surface area contributed by atoms with E-state index in [4.69, 9.17) is 4.74 Å². The molecule has 5 nitrogen and oxygen atoms in total. The lowest BCUT2D eigenvalue weighted by Crippen LogP contribution is -2.28. The van der Waals surface area contributed by atoms with Gasteiger partial charge in [0.2, 0.25) is 11.8 Å². The van der Waals surface area contributed by atoms with Crippen LogP contribution in [0.5, 0.6) is 5.75 Å². The predicted molar refractivity (Wildman–Crippen MR) is 101 cm³/mol. The molecule has 1 fully saturated rings. The molecule has 130 valence electrons. The number of hydrogen-bond donors (Lipinski definition) is 1. The molecule has 0 saturated carbocycles. The van der Waals surface area contributed by atoms with Crippen molar-refractivity contribution >= 4 is 39.1 Å². The first kappa shape index (κ1) is 17.5. The maximum atomic E-state index is 12.5. The molecule has 2 aromatic carbocycles. The Morgan fingerprint density at radius 1 is 1.24 bits per heavy atom. The van der Waals surface area contributed by atoms with Crippen molar-refractivity contribution in [2.24, 2.45) is 5.92 Å². The first-order chi connectivity index (χ1) is 12.1. The maximum absolute atomic E-state index is 12.5. The monoisotopic (exact) mass is 402 g/mol. The highest BCUT2D eigenvalue weighted by Gasteiger charge is 2.35. The molecule has 1 aliphatic rings. The van der Waals surface area contributed by atoms with Gasteiger partial charge in [0.25, 0.3) is 0 Å². The molecule has 0 aliphatic carbocycles. The van der Waals surface area contributed by atoms with E-state index in [0.717, 1.165) is 15.9 Å². The van der Waals surface area contributed by atoms with Crippen LogP contribution in [0.25, 0.3) is 0 Å². The SMILES string of the molecule is CCOc1ccc(N2C[C@@H](C(=O)Nc3ccccc3Br)CC2=O)cc1. The Hall–Kier alpha value is -2.34. The molecule has 0 spiro atoms. The van der Waals surface area contributed by atoms with E-state index in [9.17, 15) is 9.59 Å². The van der Waals surface area contributed by atoms with Crippen molar-refractivity contribution in [1.82, 2.24) is 0 Å². The molecular weight excluding hydrogens is 384 g/mol. The van der Waals surface area contributed by atoms with Crippen LogP contribution in [0.3, 0.4) is 0 Å².